The van der Waals surface area contributed by atoms with Gasteiger partial charge in [0, 0.05) is 24.4 Å². The minimum atomic E-state index is -0.286. The van der Waals surface area contributed by atoms with E-state index in [0.717, 1.165) is 0 Å². The lowest BCUT2D eigenvalue weighted by molar-refractivity contribution is -0.113. The van der Waals surface area contributed by atoms with Gasteiger partial charge in [0.2, 0.25) is 5.91 Å². The summed E-state index contributed by atoms with van der Waals surface area (Å²) < 4.78 is 17.3. The largest absolute Gasteiger partial charge is 0.497 e. The standard InChI is InChI=1S/C22H25N5O5S/c1-27-19(12-23-21(29)14-8-9-17(31-3)18(10-14)32-4)25-26-22(27)33-13-20(28)24-15-6-5-7-16(11-15)30-2/h5-11H,12-13H2,1-4H3,(H,23,29)(H,24,28). The van der Waals surface area contributed by atoms with Crippen LogP contribution in [-0.4, -0.2) is 53.7 Å². The molecule has 3 rings (SSSR count). The van der Waals surface area contributed by atoms with Crippen molar-refractivity contribution in [2.45, 2.75) is 11.7 Å². The summed E-state index contributed by atoms with van der Waals surface area (Å²) in [6.07, 6.45) is 0. The first-order chi connectivity index (χ1) is 15.9. The zero-order chi connectivity index (χ0) is 23.8. The highest BCUT2D eigenvalue weighted by atomic mass is 32.2. The lowest BCUT2D eigenvalue weighted by Crippen LogP contribution is -2.24. The third kappa shape index (κ3) is 6.16. The predicted molar refractivity (Wildman–Crippen MR) is 124 cm³/mol. The van der Waals surface area contributed by atoms with Crippen LogP contribution in [0.25, 0.3) is 0 Å². The van der Waals surface area contributed by atoms with Gasteiger partial charge in [-0.1, -0.05) is 17.8 Å². The molecular weight excluding hydrogens is 446 g/mol. The molecule has 0 aliphatic carbocycles. The highest BCUT2D eigenvalue weighted by molar-refractivity contribution is 7.99. The van der Waals surface area contributed by atoms with Gasteiger partial charge in [-0.3, -0.25) is 9.59 Å². The van der Waals surface area contributed by atoms with Gasteiger partial charge in [0.15, 0.2) is 22.5 Å². The number of thioether (sulfide) groups is 1. The number of carbonyl (C=O) groups is 2. The average molecular weight is 472 g/mol. The van der Waals surface area contributed by atoms with Crippen molar-refractivity contribution >= 4 is 29.3 Å². The normalized spacial score (nSPS) is 10.4. The van der Waals surface area contributed by atoms with E-state index in [1.807, 2.05) is 0 Å². The molecule has 0 saturated heterocycles. The monoisotopic (exact) mass is 471 g/mol. The third-order valence-electron chi connectivity index (χ3n) is 4.66. The topological polar surface area (TPSA) is 117 Å². The molecule has 33 heavy (non-hydrogen) atoms. The molecular formula is C22H25N5O5S. The molecule has 0 aliphatic heterocycles. The molecule has 0 aliphatic rings. The van der Waals surface area contributed by atoms with E-state index in [2.05, 4.69) is 20.8 Å². The van der Waals surface area contributed by atoms with E-state index in [1.165, 1.54) is 26.0 Å². The van der Waals surface area contributed by atoms with Crippen molar-refractivity contribution in [2.75, 3.05) is 32.4 Å². The summed E-state index contributed by atoms with van der Waals surface area (Å²) in [5.41, 5.74) is 1.08. The van der Waals surface area contributed by atoms with Gasteiger partial charge in [0.25, 0.3) is 5.91 Å². The van der Waals surface area contributed by atoms with Crippen molar-refractivity contribution < 1.29 is 23.8 Å². The van der Waals surface area contributed by atoms with E-state index in [9.17, 15) is 9.59 Å². The smallest absolute Gasteiger partial charge is 0.251 e. The van der Waals surface area contributed by atoms with Crippen LogP contribution in [0.15, 0.2) is 47.6 Å². The Kier molecular flexibility index (Phi) is 8.14. The van der Waals surface area contributed by atoms with Crippen LogP contribution in [0.1, 0.15) is 16.2 Å². The van der Waals surface area contributed by atoms with E-state index < -0.39 is 0 Å². The van der Waals surface area contributed by atoms with Crippen LogP contribution >= 0.6 is 11.8 Å². The molecule has 174 valence electrons. The second kappa shape index (κ2) is 11.2. The van der Waals surface area contributed by atoms with E-state index in [1.54, 1.807) is 61.2 Å². The first-order valence-electron chi connectivity index (χ1n) is 9.90. The summed E-state index contributed by atoms with van der Waals surface area (Å²) in [6.45, 7) is 0.174. The highest BCUT2D eigenvalue weighted by Gasteiger charge is 2.15. The van der Waals surface area contributed by atoms with Crippen molar-refractivity contribution in [1.29, 1.82) is 0 Å². The van der Waals surface area contributed by atoms with Gasteiger partial charge in [-0.15, -0.1) is 10.2 Å². The number of amides is 2. The highest BCUT2D eigenvalue weighted by Crippen LogP contribution is 2.27. The number of ether oxygens (including phenoxy) is 3. The molecule has 1 aromatic heterocycles. The molecule has 10 nitrogen and oxygen atoms in total. The molecule has 0 bridgehead atoms. The van der Waals surface area contributed by atoms with Gasteiger partial charge in [-0.2, -0.15) is 0 Å². The minimum Gasteiger partial charge on any atom is -0.497 e. The summed E-state index contributed by atoms with van der Waals surface area (Å²) in [4.78, 5) is 24.8. The second-order valence-corrected chi connectivity index (χ2v) is 7.72. The van der Waals surface area contributed by atoms with E-state index >= 15 is 0 Å². The molecule has 11 heteroatoms. The number of hydrogen-bond donors (Lipinski definition) is 2. The van der Waals surface area contributed by atoms with E-state index in [0.29, 0.717) is 39.5 Å². The van der Waals surface area contributed by atoms with Gasteiger partial charge in [-0.05, 0) is 30.3 Å². The summed E-state index contributed by atoms with van der Waals surface area (Å²) >= 11 is 1.25. The quantitative estimate of drug-likeness (QED) is 0.433. The van der Waals surface area contributed by atoms with E-state index in [4.69, 9.17) is 14.2 Å². The minimum absolute atomic E-state index is 0.154. The Bertz CT molecular complexity index is 1130. The van der Waals surface area contributed by atoms with Gasteiger partial charge >= 0.3 is 0 Å². The first-order valence-corrected chi connectivity index (χ1v) is 10.9. The maximum absolute atomic E-state index is 12.5. The third-order valence-corrected chi connectivity index (χ3v) is 5.68. The summed E-state index contributed by atoms with van der Waals surface area (Å²) in [5, 5.41) is 14.4. The molecule has 0 radical (unpaired) electrons. The molecule has 3 aromatic rings. The van der Waals surface area contributed by atoms with Crippen LogP contribution in [0.4, 0.5) is 5.69 Å². The Balaban J connectivity index is 1.54. The molecule has 0 spiro atoms. The Morgan fingerprint density at radius 3 is 2.52 bits per heavy atom. The number of benzene rings is 2. The number of rotatable bonds is 10. The molecule has 2 N–H and O–H groups in total. The molecule has 0 unspecified atom stereocenters. The Morgan fingerprint density at radius 2 is 1.79 bits per heavy atom. The SMILES string of the molecule is COc1cccc(NC(=O)CSc2nnc(CNC(=O)c3ccc(OC)c(OC)c3)n2C)c1. The molecule has 2 aromatic carbocycles. The van der Waals surface area contributed by atoms with Gasteiger partial charge < -0.3 is 29.4 Å². The molecule has 0 atom stereocenters. The summed E-state index contributed by atoms with van der Waals surface area (Å²) in [5.74, 6) is 1.91. The number of aromatic nitrogens is 3. The fourth-order valence-electron chi connectivity index (χ4n) is 2.89. The number of methoxy groups -OCH3 is 3. The first kappa shape index (κ1) is 23.9. The number of carbonyl (C=O) groups excluding carboxylic acids is 2. The molecule has 2 amide bonds. The van der Waals surface area contributed by atoms with Crippen LogP contribution in [-0.2, 0) is 18.4 Å². The van der Waals surface area contributed by atoms with Crippen LogP contribution in [0.5, 0.6) is 17.2 Å². The van der Waals surface area contributed by atoms with Crippen molar-refractivity contribution in [1.82, 2.24) is 20.1 Å². The fraction of sp³-hybridized carbons (Fsp3) is 0.273. The molecule has 0 saturated carbocycles. The van der Waals surface area contributed by atoms with Crippen molar-refractivity contribution in [3.8, 4) is 17.2 Å². The van der Waals surface area contributed by atoms with Crippen LogP contribution < -0.4 is 24.8 Å². The Morgan fingerprint density at radius 1 is 1.00 bits per heavy atom. The van der Waals surface area contributed by atoms with Crippen LogP contribution in [0.3, 0.4) is 0 Å². The maximum Gasteiger partial charge on any atom is 0.251 e. The van der Waals surface area contributed by atoms with Crippen molar-refractivity contribution in [3.63, 3.8) is 0 Å². The van der Waals surface area contributed by atoms with Crippen LogP contribution in [0, 0.1) is 0 Å². The fourth-order valence-corrected chi connectivity index (χ4v) is 3.62. The predicted octanol–water partition coefficient (Wildman–Crippen LogP) is 2.50. The summed E-state index contributed by atoms with van der Waals surface area (Å²) in [6, 6.07) is 12.0. The van der Waals surface area contributed by atoms with Crippen molar-refractivity contribution in [3.05, 3.63) is 53.9 Å². The number of nitrogens with one attached hydrogen (secondary N) is 2. The lowest BCUT2D eigenvalue weighted by atomic mass is 10.2. The van der Waals surface area contributed by atoms with Gasteiger partial charge in [0.1, 0.15) is 5.75 Å². The zero-order valence-corrected chi connectivity index (χ0v) is 19.6. The van der Waals surface area contributed by atoms with E-state index in [-0.39, 0.29) is 24.1 Å². The Labute approximate surface area is 195 Å². The van der Waals surface area contributed by atoms with Crippen molar-refractivity contribution in [2.24, 2.45) is 7.05 Å². The van der Waals surface area contributed by atoms with Gasteiger partial charge in [0.05, 0.1) is 33.6 Å². The number of nitrogens with zero attached hydrogens (tertiary/aromatic N) is 3. The summed E-state index contributed by atoms with van der Waals surface area (Å²) in [7, 11) is 6.39. The zero-order valence-electron chi connectivity index (χ0n) is 18.7. The molecule has 1 heterocycles. The Hall–Kier alpha value is -3.73. The second-order valence-electron chi connectivity index (χ2n) is 6.78. The molecule has 0 fully saturated rings. The average Bonchev–Trinajstić information content (AvgIpc) is 3.19. The lowest BCUT2D eigenvalue weighted by Gasteiger charge is -2.10. The number of hydrogen-bond acceptors (Lipinski definition) is 8. The number of anilines is 1. The maximum atomic E-state index is 12.5. The van der Waals surface area contributed by atoms with Crippen LogP contribution in [0.2, 0.25) is 0 Å². The van der Waals surface area contributed by atoms with Gasteiger partial charge in [-0.25, -0.2) is 0 Å².